The Bertz CT molecular complexity index is 1590. The Morgan fingerprint density at radius 2 is 1.92 bits per heavy atom. The van der Waals surface area contributed by atoms with E-state index in [4.69, 9.17) is 4.74 Å². The number of carbonyl (C=O) groups is 3. The van der Waals surface area contributed by atoms with E-state index in [1.165, 1.54) is 6.92 Å². The number of rotatable bonds is 6. The molecule has 3 N–H and O–H groups in total. The number of nitrogens with zero attached hydrogens (tertiary/aromatic N) is 1. The first-order valence-electron chi connectivity index (χ1n) is 12.1. The average molecular weight is 493 g/mol. The first-order chi connectivity index (χ1) is 18.0. The third-order valence-electron chi connectivity index (χ3n) is 6.82. The maximum atomic E-state index is 13.0. The van der Waals surface area contributed by atoms with E-state index in [0.717, 1.165) is 39.8 Å². The number of ether oxygens (including phenoxy) is 1. The van der Waals surface area contributed by atoms with E-state index < -0.39 is 0 Å². The summed E-state index contributed by atoms with van der Waals surface area (Å²) in [5.74, 6) is -0.634. The Morgan fingerprint density at radius 1 is 1.08 bits per heavy atom. The summed E-state index contributed by atoms with van der Waals surface area (Å²) in [6, 6.07) is 21.2. The van der Waals surface area contributed by atoms with Gasteiger partial charge < -0.3 is 15.0 Å². The van der Waals surface area contributed by atoms with Crippen LogP contribution >= 0.6 is 0 Å². The molecule has 8 nitrogen and oxygen atoms in total. The van der Waals surface area contributed by atoms with Crippen LogP contribution in [0.2, 0.25) is 0 Å². The van der Waals surface area contributed by atoms with Crippen LogP contribution in [0.25, 0.3) is 22.2 Å². The van der Waals surface area contributed by atoms with Crippen LogP contribution in [0.5, 0.6) is 0 Å². The maximum Gasteiger partial charge on any atom is 0.302 e. The predicted octanol–water partition coefficient (Wildman–Crippen LogP) is 4.72. The number of hydrazone groups is 1. The summed E-state index contributed by atoms with van der Waals surface area (Å²) in [6.45, 7) is 1.54. The van der Waals surface area contributed by atoms with Crippen LogP contribution in [-0.4, -0.2) is 29.0 Å². The lowest BCUT2D eigenvalue weighted by Gasteiger charge is -2.08. The molecule has 2 amide bonds. The van der Waals surface area contributed by atoms with Crippen molar-refractivity contribution in [3.05, 3.63) is 89.0 Å². The number of benzene rings is 3. The molecule has 2 heterocycles. The SMILES string of the molecule is CC(=O)OCc1cccc(-c2[nH]c3cc(NC(=O)[C@@H]4C[C@H]4c4ccccc4)cc4c3c2C=NNC4=O)c1. The molecule has 4 aromatic rings. The highest BCUT2D eigenvalue weighted by Gasteiger charge is 2.43. The third kappa shape index (κ3) is 4.38. The summed E-state index contributed by atoms with van der Waals surface area (Å²) in [7, 11) is 0. The van der Waals surface area contributed by atoms with Gasteiger partial charge in [0.25, 0.3) is 5.91 Å². The van der Waals surface area contributed by atoms with E-state index in [0.29, 0.717) is 16.8 Å². The molecule has 0 radical (unpaired) electrons. The molecule has 0 bridgehead atoms. The minimum Gasteiger partial charge on any atom is -0.461 e. The number of hydrogen-bond donors (Lipinski definition) is 3. The van der Waals surface area contributed by atoms with Gasteiger partial charge in [0.1, 0.15) is 6.61 Å². The molecule has 1 aromatic heterocycles. The van der Waals surface area contributed by atoms with Gasteiger partial charge in [-0.25, -0.2) is 5.43 Å². The normalized spacial score (nSPS) is 17.7. The molecule has 37 heavy (non-hydrogen) atoms. The first kappa shape index (κ1) is 22.7. The van der Waals surface area contributed by atoms with E-state index in [-0.39, 0.29) is 36.2 Å². The molecule has 2 atom stereocenters. The summed E-state index contributed by atoms with van der Waals surface area (Å²) in [4.78, 5) is 40.5. The zero-order valence-electron chi connectivity index (χ0n) is 20.1. The van der Waals surface area contributed by atoms with Gasteiger partial charge >= 0.3 is 5.97 Å². The summed E-state index contributed by atoms with van der Waals surface area (Å²) in [6.07, 6.45) is 2.42. The van der Waals surface area contributed by atoms with Crippen molar-refractivity contribution in [3.63, 3.8) is 0 Å². The molecule has 2 aliphatic rings. The molecule has 1 aliphatic carbocycles. The molecule has 1 aliphatic heterocycles. The summed E-state index contributed by atoms with van der Waals surface area (Å²) in [5, 5.41) is 7.84. The largest absolute Gasteiger partial charge is 0.461 e. The fourth-order valence-electron chi connectivity index (χ4n) is 4.97. The van der Waals surface area contributed by atoms with Gasteiger partial charge in [0.05, 0.1) is 17.5 Å². The van der Waals surface area contributed by atoms with Gasteiger partial charge in [-0.2, -0.15) is 5.10 Å². The van der Waals surface area contributed by atoms with Crippen molar-refractivity contribution in [1.82, 2.24) is 10.4 Å². The van der Waals surface area contributed by atoms with Gasteiger partial charge in [0.2, 0.25) is 5.91 Å². The monoisotopic (exact) mass is 492 g/mol. The van der Waals surface area contributed by atoms with Gasteiger partial charge in [0, 0.05) is 35.0 Å². The van der Waals surface area contributed by atoms with Crippen LogP contribution in [0.1, 0.15) is 46.3 Å². The number of esters is 1. The van der Waals surface area contributed by atoms with Crippen LogP contribution in [-0.2, 0) is 20.9 Å². The fourth-order valence-corrected chi connectivity index (χ4v) is 4.97. The van der Waals surface area contributed by atoms with Crippen LogP contribution in [0, 0.1) is 5.92 Å². The van der Waals surface area contributed by atoms with Crippen molar-refractivity contribution in [2.24, 2.45) is 11.0 Å². The Labute approximate surface area is 212 Å². The van der Waals surface area contributed by atoms with Gasteiger partial charge in [0.15, 0.2) is 0 Å². The molecule has 0 saturated heterocycles. The Morgan fingerprint density at radius 3 is 2.73 bits per heavy atom. The number of amides is 2. The van der Waals surface area contributed by atoms with Gasteiger partial charge in [-0.15, -0.1) is 0 Å². The Hall–Kier alpha value is -4.72. The third-order valence-corrected chi connectivity index (χ3v) is 6.82. The second kappa shape index (κ2) is 9.05. The number of hydrogen-bond acceptors (Lipinski definition) is 5. The van der Waals surface area contributed by atoms with Crippen LogP contribution in [0.15, 0.2) is 71.8 Å². The van der Waals surface area contributed by atoms with E-state index in [1.807, 2.05) is 60.7 Å². The molecule has 3 aromatic carbocycles. The average Bonchev–Trinajstić information content (AvgIpc) is 3.65. The first-order valence-corrected chi connectivity index (χ1v) is 12.1. The standard InChI is InChI=1S/C29H24N4O4/c1-16(34)37-15-17-6-5-9-19(10-17)27-24-14-30-33-29(36)23-11-20(12-25(32-27)26(23)24)31-28(35)22-13-21(22)18-7-3-2-4-8-18/h2-12,14,21-22,32H,13,15H2,1H3,(H,31,35)(H,33,36)/t21-,22+/m0/s1. The second-order valence-corrected chi connectivity index (χ2v) is 9.39. The van der Waals surface area contributed by atoms with E-state index in [9.17, 15) is 14.4 Å². The second-order valence-electron chi connectivity index (χ2n) is 9.39. The van der Waals surface area contributed by atoms with E-state index in [2.05, 4.69) is 20.8 Å². The predicted molar refractivity (Wildman–Crippen MR) is 140 cm³/mol. The molecular formula is C29H24N4O4. The summed E-state index contributed by atoms with van der Waals surface area (Å²) < 4.78 is 5.14. The highest BCUT2D eigenvalue weighted by molar-refractivity contribution is 6.18. The van der Waals surface area contributed by atoms with Crippen molar-refractivity contribution in [1.29, 1.82) is 0 Å². The summed E-state index contributed by atoms with van der Waals surface area (Å²) >= 11 is 0. The topological polar surface area (TPSA) is 113 Å². The van der Waals surface area contributed by atoms with Gasteiger partial charge in [-0.3, -0.25) is 14.4 Å². The fraction of sp³-hybridized carbons (Fsp3) is 0.172. The van der Waals surface area contributed by atoms with E-state index >= 15 is 0 Å². The van der Waals surface area contributed by atoms with Crippen molar-refractivity contribution in [3.8, 4) is 11.3 Å². The zero-order valence-corrected chi connectivity index (χ0v) is 20.1. The number of nitrogens with one attached hydrogen (secondary N) is 3. The minimum absolute atomic E-state index is 0.0594. The molecule has 1 saturated carbocycles. The quantitative estimate of drug-likeness (QED) is 0.338. The number of H-pyrrole nitrogens is 1. The Balaban J connectivity index is 1.34. The smallest absolute Gasteiger partial charge is 0.302 e. The van der Waals surface area contributed by atoms with Crippen molar-refractivity contribution >= 4 is 40.6 Å². The van der Waals surface area contributed by atoms with Gasteiger partial charge in [-0.05, 0) is 47.2 Å². The minimum atomic E-state index is -0.348. The highest BCUT2D eigenvalue weighted by Crippen LogP contribution is 2.48. The highest BCUT2D eigenvalue weighted by atomic mass is 16.5. The zero-order chi connectivity index (χ0) is 25.5. The molecule has 184 valence electrons. The number of anilines is 1. The molecule has 1 fully saturated rings. The molecule has 0 spiro atoms. The van der Waals surface area contributed by atoms with Gasteiger partial charge in [-0.1, -0.05) is 48.5 Å². The Kier molecular flexibility index (Phi) is 5.56. The number of aromatic nitrogens is 1. The lowest BCUT2D eigenvalue weighted by Crippen LogP contribution is -2.18. The van der Waals surface area contributed by atoms with Crippen LogP contribution in [0.4, 0.5) is 5.69 Å². The molecule has 6 rings (SSSR count). The lowest BCUT2D eigenvalue weighted by molar-refractivity contribution is -0.142. The van der Waals surface area contributed by atoms with Crippen molar-refractivity contribution < 1.29 is 19.1 Å². The number of aromatic amines is 1. The maximum absolute atomic E-state index is 13.0. The number of carbonyl (C=O) groups excluding carboxylic acids is 3. The van der Waals surface area contributed by atoms with Crippen molar-refractivity contribution in [2.75, 3.05) is 5.32 Å². The van der Waals surface area contributed by atoms with Crippen LogP contribution in [0.3, 0.4) is 0 Å². The van der Waals surface area contributed by atoms with Crippen molar-refractivity contribution in [2.45, 2.75) is 25.9 Å². The molecule has 0 unspecified atom stereocenters. The molecule has 8 heteroatoms. The van der Waals surface area contributed by atoms with E-state index in [1.54, 1.807) is 12.3 Å². The van der Waals surface area contributed by atoms with Crippen LogP contribution < -0.4 is 10.7 Å². The lowest BCUT2D eigenvalue weighted by atomic mass is 10.0. The summed E-state index contributed by atoms with van der Waals surface area (Å²) in [5.41, 5.74) is 8.63. The molecular weight excluding hydrogens is 468 g/mol.